The van der Waals surface area contributed by atoms with Crippen LogP contribution in [-0.4, -0.2) is 10.7 Å². The predicted octanol–water partition coefficient (Wildman–Crippen LogP) is 3.06. The summed E-state index contributed by atoms with van der Waals surface area (Å²) in [5.41, 5.74) is 6.37. The number of hydrogen-bond acceptors (Lipinski definition) is 6. The molecule has 1 heterocycles. The van der Waals surface area contributed by atoms with Crippen LogP contribution in [0.3, 0.4) is 0 Å². The highest BCUT2D eigenvalue weighted by atomic mass is 35.5. The first-order valence-electron chi connectivity index (χ1n) is 7.21. The van der Waals surface area contributed by atoms with Crippen molar-refractivity contribution in [2.45, 2.75) is 25.2 Å². The number of nitriles is 1. The molecule has 0 bridgehead atoms. The highest BCUT2D eigenvalue weighted by molar-refractivity contribution is 6.32. The maximum atomic E-state index is 12.4. The molecular formula is C16H12ClN3O4. The van der Waals surface area contributed by atoms with Gasteiger partial charge in [-0.15, -0.1) is 0 Å². The molecule has 0 amide bonds. The molecule has 0 saturated carbocycles. The van der Waals surface area contributed by atoms with Crippen molar-refractivity contribution in [1.82, 2.24) is 0 Å². The van der Waals surface area contributed by atoms with Gasteiger partial charge in [-0.3, -0.25) is 14.9 Å². The number of ketones is 1. The Kier molecular flexibility index (Phi) is 3.99. The second-order valence-electron chi connectivity index (χ2n) is 5.51. The molecule has 1 aromatic carbocycles. The lowest BCUT2D eigenvalue weighted by atomic mass is 9.77. The molecule has 0 aromatic heterocycles. The molecule has 1 aromatic rings. The van der Waals surface area contributed by atoms with Crippen LogP contribution in [0.25, 0.3) is 0 Å². The van der Waals surface area contributed by atoms with E-state index in [1.807, 2.05) is 6.07 Å². The fourth-order valence-corrected chi connectivity index (χ4v) is 3.23. The van der Waals surface area contributed by atoms with Crippen LogP contribution in [-0.2, 0) is 9.53 Å². The van der Waals surface area contributed by atoms with Crippen LogP contribution in [0.2, 0.25) is 5.02 Å². The van der Waals surface area contributed by atoms with Crippen molar-refractivity contribution in [3.8, 4) is 6.07 Å². The van der Waals surface area contributed by atoms with E-state index >= 15 is 0 Å². The lowest BCUT2D eigenvalue weighted by molar-refractivity contribution is -0.384. The first-order chi connectivity index (χ1) is 11.4. The number of ether oxygens (including phenoxy) is 1. The largest absolute Gasteiger partial charge is 0.444 e. The van der Waals surface area contributed by atoms with Gasteiger partial charge in [-0.1, -0.05) is 17.7 Å². The van der Waals surface area contributed by atoms with Crippen molar-refractivity contribution >= 4 is 23.1 Å². The van der Waals surface area contributed by atoms with Crippen molar-refractivity contribution in [2.75, 3.05) is 0 Å². The normalized spacial score (nSPS) is 20.3. The maximum absolute atomic E-state index is 12.4. The number of rotatable bonds is 2. The number of nitrogens with zero attached hydrogens (tertiary/aromatic N) is 2. The molecule has 0 spiro atoms. The van der Waals surface area contributed by atoms with E-state index in [4.69, 9.17) is 22.1 Å². The summed E-state index contributed by atoms with van der Waals surface area (Å²) in [7, 11) is 0. The van der Waals surface area contributed by atoms with E-state index in [9.17, 15) is 20.2 Å². The summed E-state index contributed by atoms with van der Waals surface area (Å²) in [5.74, 6) is -0.555. The number of nitro benzene ring substituents is 1. The molecule has 2 aliphatic rings. The van der Waals surface area contributed by atoms with Gasteiger partial charge in [-0.05, 0) is 18.1 Å². The average molecular weight is 346 g/mol. The van der Waals surface area contributed by atoms with E-state index in [1.165, 1.54) is 12.1 Å². The Bertz CT molecular complexity index is 867. The van der Waals surface area contributed by atoms with E-state index in [-0.39, 0.29) is 27.9 Å². The van der Waals surface area contributed by atoms with Gasteiger partial charge in [0.05, 0.1) is 10.8 Å². The van der Waals surface area contributed by atoms with Gasteiger partial charge in [0.1, 0.15) is 22.4 Å². The predicted molar refractivity (Wildman–Crippen MR) is 84.6 cm³/mol. The summed E-state index contributed by atoms with van der Waals surface area (Å²) in [4.78, 5) is 22.9. The molecule has 3 rings (SSSR count). The van der Waals surface area contributed by atoms with Crippen LogP contribution in [0.1, 0.15) is 30.7 Å². The number of nitro groups is 1. The zero-order valence-corrected chi connectivity index (χ0v) is 13.2. The van der Waals surface area contributed by atoms with Gasteiger partial charge in [0.2, 0.25) is 5.88 Å². The van der Waals surface area contributed by atoms with E-state index in [0.29, 0.717) is 36.2 Å². The van der Waals surface area contributed by atoms with Crippen LogP contribution in [0, 0.1) is 21.4 Å². The molecule has 1 aliphatic carbocycles. The molecule has 0 saturated heterocycles. The van der Waals surface area contributed by atoms with Crippen LogP contribution in [0.4, 0.5) is 5.69 Å². The van der Waals surface area contributed by atoms with Gasteiger partial charge in [0.25, 0.3) is 5.69 Å². The van der Waals surface area contributed by atoms with E-state index in [1.54, 1.807) is 6.07 Å². The molecule has 0 fully saturated rings. The molecule has 1 atom stereocenters. The molecular weight excluding hydrogens is 334 g/mol. The smallest absolute Gasteiger partial charge is 0.288 e. The molecule has 7 nitrogen and oxygen atoms in total. The minimum Gasteiger partial charge on any atom is -0.444 e. The number of benzene rings is 1. The Morgan fingerprint density at radius 2 is 2.17 bits per heavy atom. The lowest BCUT2D eigenvalue weighted by Crippen LogP contribution is -2.27. The standard InChI is InChI=1S/C16H12ClN3O4/c17-10-5-4-8(6-11(10)20(22)23)14-9(7-18)16(19)24-13-3-1-2-12(21)15(13)14/h4-6,14H,1-3,19H2. The third-order valence-electron chi connectivity index (χ3n) is 4.11. The number of nitrogens with two attached hydrogens (primary N) is 1. The third-order valence-corrected chi connectivity index (χ3v) is 4.42. The van der Waals surface area contributed by atoms with Crippen molar-refractivity contribution in [3.05, 3.63) is 61.7 Å². The van der Waals surface area contributed by atoms with Crippen LogP contribution in [0.5, 0.6) is 0 Å². The SMILES string of the molecule is N#CC1=C(N)OC2=C(C(=O)CCC2)C1c1ccc(Cl)c([N+](=O)[O-])c1. The van der Waals surface area contributed by atoms with Gasteiger partial charge < -0.3 is 10.5 Å². The van der Waals surface area contributed by atoms with E-state index in [2.05, 4.69) is 0 Å². The van der Waals surface area contributed by atoms with Crippen LogP contribution in [0.15, 0.2) is 41.0 Å². The number of halogens is 1. The Morgan fingerprint density at radius 3 is 2.83 bits per heavy atom. The minimum atomic E-state index is -0.775. The second-order valence-corrected chi connectivity index (χ2v) is 5.91. The topological polar surface area (TPSA) is 119 Å². The minimum absolute atomic E-state index is 0.0181. The molecule has 0 radical (unpaired) electrons. The Labute approximate surface area is 142 Å². The first kappa shape index (κ1) is 16.0. The molecule has 2 N–H and O–H groups in total. The Balaban J connectivity index is 2.21. The van der Waals surface area contributed by atoms with Gasteiger partial charge in [0, 0.05) is 24.5 Å². The summed E-state index contributed by atoms with van der Waals surface area (Å²) in [6, 6.07) is 6.17. The first-order valence-corrected chi connectivity index (χ1v) is 7.59. The zero-order chi connectivity index (χ0) is 17.4. The summed E-state index contributed by atoms with van der Waals surface area (Å²) in [6.45, 7) is 0. The van der Waals surface area contributed by atoms with Gasteiger partial charge in [-0.25, -0.2) is 0 Å². The highest BCUT2D eigenvalue weighted by Crippen LogP contribution is 2.44. The Hall–Kier alpha value is -2.85. The van der Waals surface area contributed by atoms with Crippen molar-refractivity contribution in [3.63, 3.8) is 0 Å². The second kappa shape index (κ2) is 5.98. The van der Waals surface area contributed by atoms with Gasteiger partial charge in [0.15, 0.2) is 5.78 Å². The third kappa shape index (κ3) is 2.51. The molecule has 1 unspecified atom stereocenters. The summed E-state index contributed by atoms with van der Waals surface area (Å²) in [6.07, 6.45) is 1.51. The highest BCUT2D eigenvalue weighted by Gasteiger charge is 2.38. The Morgan fingerprint density at radius 1 is 1.42 bits per heavy atom. The van der Waals surface area contributed by atoms with Gasteiger partial charge in [-0.2, -0.15) is 5.26 Å². The van der Waals surface area contributed by atoms with Crippen molar-refractivity contribution in [2.24, 2.45) is 5.73 Å². The monoisotopic (exact) mass is 345 g/mol. The molecule has 8 heteroatoms. The maximum Gasteiger partial charge on any atom is 0.288 e. The molecule has 24 heavy (non-hydrogen) atoms. The summed E-state index contributed by atoms with van der Waals surface area (Å²) < 4.78 is 5.45. The summed E-state index contributed by atoms with van der Waals surface area (Å²) >= 11 is 5.85. The van der Waals surface area contributed by atoms with Crippen molar-refractivity contribution in [1.29, 1.82) is 5.26 Å². The number of carbonyl (C=O) groups excluding carboxylic acids is 1. The zero-order valence-electron chi connectivity index (χ0n) is 12.4. The molecule has 122 valence electrons. The fourth-order valence-electron chi connectivity index (χ4n) is 3.04. The fraction of sp³-hybridized carbons (Fsp3) is 0.250. The quantitative estimate of drug-likeness (QED) is 0.649. The van der Waals surface area contributed by atoms with Crippen LogP contribution >= 0.6 is 11.6 Å². The van der Waals surface area contributed by atoms with Gasteiger partial charge >= 0.3 is 0 Å². The number of hydrogen-bond donors (Lipinski definition) is 1. The molecule has 1 aliphatic heterocycles. The van der Waals surface area contributed by atoms with E-state index in [0.717, 1.165) is 0 Å². The number of allylic oxidation sites excluding steroid dienone is 3. The van der Waals surface area contributed by atoms with Crippen molar-refractivity contribution < 1.29 is 14.5 Å². The van der Waals surface area contributed by atoms with E-state index < -0.39 is 10.8 Å². The lowest BCUT2D eigenvalue weighted by Gasteiger charge is -2.30. The number of carbonyl (C=O) groups is 1. The number of Topliss-reactive ketones (excluding diaryl/α,β-unsaturated/α-hetero) is 1. The average Bonchev–Trinajstić information content (AvgIpc) is 2.54. The van der Waals surface area contributed by atoms with Crippen LogP contribution < -0.4 is 5.73 Å². The summed E-state index contributed by atoms with van der Waals surface area (Å²) in [5, 5.41) is 20.6.